The molecule has 1 aliphatic heterocycles. The third kappa shape index (κ3) is 4.35. The molecule has 1 aliphatic rings. The molecule has 3 heterocycles. The van der Waals surface area contributed by atoms with Gasteiger partial charge in [0.05, 0.1) is 12.7 Å². The van der Waals surface area contributed by atoms with Crippen molar-refractivity contribution in [2.45, 2.75) is 31.6 Å². The molecule has 0 spiro atoms. The number of hydrogen-bond donors (Lipinski definition) is 1. The maximum absolute atomic E-state index is 12.5. The number of carbonyl (C=O) groups excluding carboxylic acids is 1. The van der Waals surface area contributed by atoms with Crippen LogP contribution in [0.5, 0.6) is 0 Å². The number of carbonyl (C=O) groups is 1. The molecule has 1 N–H and O–H groups in total. The highest BCUT2D eigenvalue weighted by Gasteiger charge is 2.33. The number of fused-ring (bicyclic) bond motifs is 1. The smallest absolute Gasteiger partial charge is 0.350 e. The van der Waals surface area contributed by atoms with Crippen molar-refractivity contribution in [2.75, 3.05) is 19.6 Å². The number of aromatic nitrogens is 4. The van der Waals surface area contributed by atoms with Crippen LogP contribution in [0.15, 0.2) is 23.4 Å². The molecule has 0 aromatic carbocycles. The fraction of sp³-hybridized carbons (Fsp3) is 0.571. The number of alkyl halides is 3. The Bertz CT molecular complexity index is 815. The number of nitrogens with zero attached hydrogens (tertiary/aromatic N) is 5. The Morgan fingerprint density at radius 3 is 2.92 bits per heavy atom. The van der Waals surface area contributed by atoms with Crippen LogP contribution in [0.2, 0.25) is 0 Å². The van der Waals surface area contributed by atoms with Gasteiger partial charge in [-0.1, -0.05) is 0 Å². The van der Waals surface area contributed by atoms with Crippen molar-refractivity contribution in [1.29, 1.82) is 0 Å². The second-order valence-corrected chi connectivity index (χ2v) is 6.01. The fourth-order valence-electron chi connectivity index (χ4n) is 2.96. The van der Waals surface area contributed by atoms with Gasteiger partial charge < -0.3 is 5.32 Å². The minimum Gasteiger partial charge on any atom is -0.350 e. The summed E-state index contributed by atoms with van der Waals surface area (Å²) in [5, 5.41) is 10.4. The maximum atomic E-state index is 12.5. The molecule has 0 bridgehead atoms. The molecule has 8 nitrogen and oxygen atoms in total. The van der Waals surface area contributed by atoms with Crippen molar-refractivity contribution in [3.05, 3.63) is 28.9 Å². The number of halogens is 3. The van der Waals surface area contributed by atoms with Crippen LogP contribution in [0, 0.1) is 0 Å². The molecular weight excluding hydrogens is 341 g/mol. The first-order valence-electron chi connectivity index (χ1n) is 7.80. The van der Waals surface area contributed by atoms with Gasteiger partial charge in [-0.15, -0.1) is 0 Å². The van der Waals surface area contributed by atoms with E-state index < -0.39 is 24.2 Å². The minimum absolute atomic E-state index is 0.134. The highest BCUT2D eigenvalue weighted by molar-refractivity contribution is 5.76. The number of amides is 1. The summed E-state index contributed by atoms with van der Waals surface area (Å²) in [6.45, 7) is -0.797. The molecule has 2 aromatic rings. The van der Waals surface area contributed by atoms with Crippen LogP contribution in [-0.4, -0.2) is 62.1 Å². The Labute approximate surface area is 140 Å². The third-order valence-electron chi connectivity index (χ3n) is 3.99. The predicted molar refractivity (Wildman–Crippen MR) is 80.9 cm³/mol. The molecule has 2 aromatic heterocycles. The first-order chi connectivity index (χ1) is 11.8. The van der Waals surface area contributed by atoms with Crippen molar-refractivity contribution in [1.82, 2.24) is 29.6 Å². The molecule has 0 aliphatic carbocycles. The normalized spacial score (nSPS) is 19.2. The first-order valence-corrected chi connectivity index (χ1v) is 7.80. The van der Waals surface area contributed by atoms with Gasteiger partial charge in [-0.3, -0.25) is 14.5 Å². The SMILES string of the molecule is O=C(Cn1ncn2nccc2c1=O)NC1CCCN(CC(F)(F)F)C1. The fourth-order valence-corrected chi connectivity index (χ4v) is 2.96. The lowest BCUT2D eigenvalue weighted by atomic mass is 10.1. The van der Waals surface area contributed by atoms with Crippen LogP contribution in [0.25, 0.3) is 5.52 Å². The zero-order valence-corrected chi connectivity index (χ0v) is 13.2. The van der Waals surface area contributed by atoms with Gasteiger partial charge in [0.2, 0.25) is 5.91 Å². The number of likely N-dealkylation sites (tertiary alicyclic amines) is 1. The summed E-state index contributed by atoms with van der Waals surface area (Å²) in [4.78, 5) is 25.6. The van der Waals surface area contributed by atoms with E-state index in [1.807, 2.05) is 0 Å². The highest BCUT2D eigenvalue weighted by Crippen LogP contribution is 2.19. The molecule has 1 amide bonds. The van der Waals surface area contributed by atoms with E-state index in [0.29, 0.717) is 19.4 Å². The monoisotopic (exact) mass is 358 g/mol. The lowest BCUT2D eigenvalue weighted by Crippen LogP contribution is -2.50. The largest absolute Gasteiger partial charge is 0.401 e. The van der Waals surface area contributed by atoms with Crippen LogP contribution in [0.3, 0.4) is 0 Å². The van der Waals surface area contributed by atoms with E-state index in [2.05, 4.69) is 15.5 Å². The molecule has 25 heavy (non-hydrogen) atoms. The van der Waals surface area contributed by atoms with Gasteiger partial charge in [-0.05, 0) is 25.5 Å². The van der Waals surface area contributed by atoms with Crippen molar-refractivity contribution < 1.29 is 18.0 Å². The molecule has 1 fully saturated rings. The second-order valence-electron chi connectivity index (χ2n) is 6.01. The summed E-state index contributed by atoms with van der Waals surface area (Å²) in [5.74, 6) is -0.461. The summed E-state index contributed by atoms with van der Waals surface area (Å²) in [6, 6.07) is 1.13. The van der Waals surface area contributed by atoms with E-state index in [1.54, 1.807) is 0 Å². The molecule has 0 radical (unpaired) electrons. The molecule has 1 saturated heterocycles. The predicted octanol–water partition coefficient (Wildman–Crippen LogP) is 0.0339. The lowest BCUT2D eigenvalue weighted by molar-refractivity contribution is -0.148. The van der Waals surface area contributed by atoms with E-state index in [0.717, 1.165) is 4.68 Å². The van der Waals surface area contributed by atoms with Gasteiger partial charge in [0.25, 0.3) is 5.56 Å². The lowest BCUT2D eigenvalue weighted by Gasteiger charge is -2.33. The Hall–Kier alpha value is -2.43. The molecule has 11 heteroatoms. The van der Waals surface area contributed by atoms with Crippen molar-refractivity contribution in [3.8, 4) is 0 Å². The van der Waals surface area contributed by atoms with Crippen LogP contribution in [0.1, 0.15) is 12.8 Å². The topological polar surface area (TPSA) is 84.5 Å². The molecule has 1 atom stereocenters. The number of hydrogen-bond acceptors (Lipinski definition) is 5. The number of rotatable bonds is 4. The third-order valence-corrected chi connectivity index (χ3v) is 3.99. The average Bonchev–Trinajstić information content (AvgIpc) is 2.98. The van der Waals surface area contributed by atoms with Gasteiger partial charge in [-0.2, -0.15) is 23.4 Å². The molecule has 136 valence electrons. The second kappa shape index (κ2) is 6.82. The molecular formula is C14H17F3N6O2. The zero-order valence-electron chi connectivity index (χ0n) is 13.2. The molecule has 3 rings (SSSR count). The van der Waals surface area contributed by atoms with Crippen LogP contribution < -0.4 is 10.9 Å². The minimum atomic E-state index is -4.26. The Kier molecular flexibility index (Phi) is 4.75. The summed E-state index contributed by atoms with van der Waals surface area (Å²) in [5.41, 5.74) is -0.172. The Morgan fingerprint density at radius 1 is 1.36 bits per heavy atom. The standard InChI is InChI=1S/C14H17F3N6O2/c15-14(16,17)8-21-5-1-2-10(6-21)20-12(24)7-22-13(25)11-3-4-18-23(11)9-19-22/h3-4,9-10H,1-2,5-8H2,(H,20,24). The van der Waals surface area contributed by atoms with E-state index in [9.17, 15) is 22.8 Å². The molecule has 0 saturated carbocycles. The van der Waals surface area contributed by atoms with Crippen molar-refractivity contribution in [3.63, 3.8) is 0 Å². The van der Waals surface area contributed by atoms with Gasteiger partial charge in [0.15, 0.2) is 0 Å². The quantitative estimate of drug-likeness (QED) is 0.834. The van der Waals surface area contributed by atoms with E-state index in [1.165, 1.54) is 28.0 Å². The highest BCUT2D eigenvalue weighted by atomic mass is 19.4. The summed E-state index contributed by atoms with van der Waals surface area (Å²) in [6.07, 6.45) is -0.329. The van der Waals surface area contributed by atoms with E-state index in [-0.39, 0.29) is 24.6 Å². The van der Waals surface area contributed by atoms with Gasteiger partial charge >= 0.3 is 6.18 Å². The summed E-state index contributed by atoms with van der Waals surface area (Å²) < 4.78 is 39.7. The number of piperidine rings is 1. The average molecular weight is 358 g/mol. The maximum Gasteiger partial charge on any atom is 0.401 e. The van der Waals surface area contributed by atoms with E-state index in [4.69, 9.17) is 0 Å². The summed E-state index contributed by atoms with van der Waals surface area (Å²) >= 11 is 0. The number of nitrogens with one attached hydrogen (secondary N) is 1. The van der Waals surface area contributed by atoms with Gasteiger partial charge in [0.1, 0.15) is 18.4 Å². The van der Waals surface area contributed by atoms with Gasteiger partial charge in [-0.25, -0.2) is 9.20 Å². The van der Waals surface area contributed by atoms with E-state index >= 15 is 0 Å². The molecule has 1 unspecified atom stereocenters. The van der Waals surface area contributed by atoms with Crippen LogP contribution in [-0.2, 0) is 11.3 Å². The van der Waals surface area contributed by atoms with Crippen LogP contribution >= 0.6 is 0 Å². The van der Waals surface area contributed by atoms with Crippen molar-refractivity contribution >= 4 is 11.4 Å². The van der Waals surface area contributed by atoms with Crippen molar-refractivity contribution in [2.24, 2.45) is 0 Å². The Morgan fingerprint density at radius 2 is 2.16 bits per heavy atom. The zero-order chi connectivity index (χ0) is 18.0. The summed E-state index contributed by atoms with van der Waals surface area (Å²) in [7, 11) is 0. The first kappa shape index (κ1) is 17.4. The van der Waals surface area contributed by atoms with Crippen LogP contribution in [0.4, 0.5) is 13.2 Å². The van der Waals surface area contributed by atoms with Gasteiger partial charge in [0, 0.05) is 12.6 Å². The Balaban J connectivity index is 1.60.